The van der Waals surface area contributed by atoms with E-state index in [1.165, 1.54) is 16.8 Å². The third-order valence-corrected chi connectivity index (χ3v) is 6.39. The van der Waals surface area contributed by atoms with Crippen molar-refractivity contribution >= 4 is 15.9 Å². The smallest absolute Gasteiger partial charge is 0.257 e. The molecule has 7 heteroatoms. The van der Waals surface area contributed by atoms with Gasteiger partial charge in [0, 0.05) is 26.2 Å². The number of hydrogen-bond donors (Lipinski definition) is 0. The Balaban J connectivity index is 1.68. The first-order chi connectivity index (χ1) is 11.9. The van der Waals surface area contributed by atoms with E-state index in [0.29, 0.717) is 29.5 Å². The number of piperazine rings is 1. The second kappa shape index (κ2) is 7.01. The lowest BCUT2D eigenvalue weighted by Crippen LogP contribution is -2.50. The molecule has 0 N–H and O–H groups in total. The molecule has 134 valence electrons. The van der Waals surface area contributed by atoms with E-state index in [9.17, 15) is 13.2 Å². The summed E-state index contributed by atoms with van der Waals surface area (Å²) in [6.07, 6.45) is 2.86. The molecule has 0 unspecified atom stereocenters. The van der Waals surface area contributed by atoms with Gasteiger partial charge in [-0.15, -0.1) is 0 Å². The van der Waals surface area contributed by atoms with Crippen LogP contribution in [0.15, 0.2) is 52.2 Å². The van der Waals surface area contributed by atoms with Crippen molar-refractivity contribution in [1.82, 2.24) is 9.21 Å². The predicted molar refractivity (Wildman–Crippen MR) is 93.9 cm³/mol. The van der Waals surface area contributed by atoms with Gasteiger partial charge < -0.3 is 9.32 Å². The molecule has 1 aromatic carbocycles. The Hall–Kier alpha value is -2.12. The van der Waals surface area contributed by atoms with Crippen LogP contribution < -0.4 is 0 Å². The zero-order chi connectivity index (χ0) is 18.0. The zero-order valence-corrected chi connectivity index (χ0v) is 15.2. The summed E-state index contributed by atoms with van der Waals surface area (Å²) in [7, 11) is -3.53. The number of carbonyl (C=O) groups excluding carboxylic acids is 1. The molecule has 0 saturated carbocycles. The van der Waals surface area contributed by atoms with E-state index in [0.717, 1.165) is 5.56 Å². The molecule has 2 heterocycles. The van der Waals surface area contributed by atoms with Crippen molar-refractivity contribution in [2.75, 3.05) is 26.2 Å². The molecule has 1 fully saturated rings. The second-order valence-electron chi connectivity index (χ2n) is 6.43. The average Bonchev–Trinajstić information content (AvgIpc) is 3.16. The Morgan fingerprint density at radius 1 is 1.04 bits per heavy atom. The van der Waals surface area contributed by atoms with E-state index >= 15 is 0 Å². The van der Waals surface area contributed by atoms with Gasteiger partial charge in [-0.3, -0.25) is 4.79 Å². The van der Waals surface area contributed by atoms with Crippen molar-refractivity contribution < 1.29 is 17.6 Å². The Morgan fingerprint density at radius 2 is 1.68 bits per heavy atom. The van der Waals surface area contributed by atoms with Crippen LogP contribution in [0.5, 0.6) is 0 Å². The first kappa shape index (κ1) is 17.7. The minimum atomic E-state index is -3.53. The van der Waals surface area contributed by atoms with E-state index in [4.69, 9.17) is 4.42 Å². The zero-order valence-electron chi connectivity index (χ0n) is 14.4. The Bertz CT molecular complexity index is 818. The number of rotatable bonds is 4. The van der Waals surface area contributed by atoms with E-state index in [1.54, 1.807) is 23.1 Å². The number of benzene rings is 1. The summed E-state index contributed by atoms with van der Waals surface area (Å²) in [6.45, 7) is 5.45. The monoisotopic (exact) mass is 362 g/mol. The fourth-order valence-electron chi connectivity index (χ4n) is 2.87. The quantitative estimate of drug-likeness (QED) is 0.838. The lowest BCUT2D eigenvalue weighted by Gasteiger charge is -2.33. The first-order valence-electron chi connectivity index (χ1n) is 8.31. The molecule has 2 aromatic rings. The number of amides is 1. The predicted octanol–water partition coefficient (Wildman–Crippen LogP) is 2.55. The maximum atomic E-state index is 12.8. The van der Waals surface area contributed by atoms with Crippen molar-refractivity contribution in [2.45, 2.75) is 24.7 Å². The maximum Gasteiger partial charge on any atom is 0.257 e. The minimum absolute atomic E-state index is 0.132. The van der Waals surface area contributed by atoms with Crippen LogP contribution in [0.25, 0.3) is 0 Å². The van der Waals surface area contributed by atoms with Crippen molar-refractivity contribution in [3.8, 4) is 0 Å². The van der Waals surface area contributed by atoms with Gasteiger partial charge in [0.15, 0.2) is 0 Å². The number of sulfonamides is 1. The summed E-state index contributed by atoms with van der Waals surface area (Å²) in [5.74, 6) is 0.223. The molecule has 1 amide bonds. The van der Waals surface area contributed by atoms with Crippen molar-refractivity contribution in [3.63, 3.8) is 0 Å². The standard InChI is InChI=1S/C18H22N2O4S/c1-14(2)15-3-5-17(6-4-15)25(22,23)20-10-8-19(9-11-20)18(21)16-7-12-24-13-16/h3-7,12-14H,8-11H2,1-2H3. The van der Waals surface area contributed by atoms with Crippen molar-refractivity contribution in [3.05, 3.63) is 54.0 Å². The van der Waals surface area contributed by atoms with E-state index < -0.39 is 10.0 Å². The van der Waals surface area contributed by atoms with E-state index in [2.05, 4.69) is 13.8 Å². The summed E-state index contributed by atoms with van der Waals surface area (Å²) in [5.41, 5.74) is 1.59. The van der Waals surface area contributed by atoms with Crippen LogP contribution in [0.2, 0.25) is 0 Å². The van der Waals surface area contributed by atoms with Crippen LogP contribution >= 0.6 is 0 Å². The Kier molecular flexibility index (Phi) is 4.96. The highest BCUT2D eigenvalue weighted by atomic mass is 32.2. The number of carbonyl (C=O) groups is 1. The molecule has 0 radical (unpaired) electrons. The molecule has 0 atom stereocenters. The third-order valence-electron chi connectivity index (χ3n) is 4.48. The summed E-state index contributed by atoms with van der Waals surface area (Å²) in [4.78, 5) is 14.2. The normalized spacial score (nSPS) is 16.4. The largest absolute Gasteiger partial charge is 0.472 e. The molecule has 0 bridgehead atoms. The van der Waals surface area contributed by atoms with Crippen LogP contribution in [-0.4, -0.2) is 49.7 Å². The Morgan fingerprint density at radius 3 is 2.20 bits per heavy atom. The topological polar surface area (TPSA) is 70.8 Å². The van der Waals surface area contributed by atoms with Crippen LogP contribution in [0.3, 0.4) is 0 Å². The fourth-order valence-corrected chi connectivity index (χ4v) is 4.30. The van der Waals surface area contributed by atoms with Gasteiger partial charge in [0.05, 0.1) is 16.7 Å². The van der Waals surface area contributed by atoms with Crippen LogP contribution in [-0.2, 0) is 10.0 Å². The summed E-state index contributed by atoms with van der Waals surface area (Å²) >= 11 is 0. The molecule has 25 heavy (non-hydrogen) atoms. The van der Waals surface area contributed by atoms with Gasteiger partial charge in [-0.25, -0.2) is 8.42 Å². The SMILES string of the molecule is CC(C)c1ccc(S(=O)(=O)N2CCN(C(=O)c3ccoc3)CC2)cc1. The molecule has 1 aromatic heterocycles. The average molecular weight is 362 g/mol. The van der Waals surface area contributed by atoms with Gasteiger partial charge >= 0.3 is 0 Å². The van der Waals surface area contributed by atoms with Gasteiger partial charge in [-0.05, 0) is 29.7 Å². The molecule has 1 aliphatic rings. The van der Waals surface area contributed by atoms with Gasteiger partial charge in [0.2, 0.25) is 10.0 Å². The lowest BCUT2D eigenvalue weighted by molar-refractivity contribution is 0.0697. The van der Waals surface area contributed by atoms with E-state index in [1.807, 2.05) is 12.1 Å². The third kappa shape index (κ3) is 3.62. The molecule has 1 aliphatic heterocycles. The maximum absolute atomic E-state index is 12.8. The van der Waals surface area contributed by atoms with Crippen LogP contribution in [0.4, 0.5) is 0 Å². The van der Waals surface area contributed by atoms with Crippen molar-refractivity contribution in [2.24, 2.45) is 0 Å². The van der Waals surface area contributed by atoms with Crippen LogP contribution in [0, 0.1) is 0 Å². The lowest BCUT2D eigenvalue weighted by atomic mass is 10.0. The molecule has 1 saturated heterocycles. The Labute approximate surface area is 148 Å². The van der Waals surface area contributed by atoms with Gasteiger partial charge in [0.25, 0.3) is 5.91 Å². The molecule has 0 aliphatic carbocycles. The second-order valence-corrected chi connectivity index (χ2v) is 8.37. The van der Waals surface area contributed by atoms with Crippen molar-refractivity contribution in [1.29, 1.82) is 0 Å². The highest BCUT2D eigenvalue weighted by molar-refractivity contribution is 7.89. The molecule has 3 rings (SSSR count). The van der Waals surface area contributed by atoms with Gasteiger partial charge in [0.1, 0.15) is 6.26 Å². The number of hydrogen-bond acceptors (Lipinski definition) is 4. The van der Waals surface area contributed by atoms with Gasteiger partial charge in [-0.2, -0.15) is 4.31 Å². The highest BCUT2D eigenvalue weighted by Crippen LogP contribution is 2.21. The van der Waals surface area contributed by atoms with E-state index in [-0.39, 0.29) is 19.0 Å². The summed E-state index contributed by atoms with van der Waals surface area (Å²) < 4.78 is 31.9. The fraction of sp³-hybridized carbons (Fsp3) is 0.389. The number of nitrogens with zero attached hydrogens (tertiary/aromatic N) is 2. The summed E-state index contributed by atoms with van der Waals surface area (Å²) in [6, 6.07) is 8.65. The van der Waals surface area contributed by atoms with Crippen LogP contribution in [0.1, 0.15) is 35.7 Å². The molecular weight excluding hydrogens is 340 g/mol. The summed E-state index contributed by atoms with van der Waals surface area (Å²) in [5, 5.41) is 0. The minimum Gasteiger partial charge on any atom is -0.472 e. The number of furan rings is 1. The highest BCUT2D eigenvalue weighted by Gasteiger charge is 2.30. The molecule has 0 spiro atoms. The molecule has 6 nitrogen and oxygen atoms in total. The van der Waals surface area contributed by atoms with Gasteiger partial charge in [-0.1, -0.05) is 26.0 Å². The molecular formula is C18H22N2O4S. The first-order valence-corrected chi connectivity index (χ1v) is 9.75.